The minimum atomic E-state index is -0.0738. The Kier molecular flexibility index (Phi) is 4.62. The minimum absolute atomic E-state index is 0.0738. The van der Waals surface area contributed by atoms with Gasteiger partial charge in [-0.3, -0.25) is 5.84 Å². The molecule has 3 rings (SSSR count). The monoisotopic (exact) mass is 396 g/mol. The summed E-state index contributed by atoms with van der Waals surface area (Å²) in [6, 6.07) is 14.1. The van der Waals surface area contributed by atoms with Crippen LogP contribution < -0.4 is 20.7 Å². The molecule has 5 heteroatoms. The van der Waals surface area contributed by atoms with E-state index in [9.17, 15) is 0 Å². The third-order valence-electron chi connectivity index (χ3n) is 3.49. The van der Waals surface area contributed by atoms with Crippen molar-refractivity contribution in [2.24, 2.45) is 5.84 Å². The Morgan fingerprint density at radius 2 is 1.81 bits per heavy atom. The number of hydrazine groups is 1. The molecule has 1 heterocycles. The molecule has 4 nitrogen and oxygen atoms in total. The summed E-state index contributed by atoms with van der Waals surface area (Å²) in [6.45, 7) is 1.38. The van der Waals surface area contributed by atoms with Crippen LogP contribution in [0.15, 0.2) is 42.5 Å². The largest absolute Gasteiger partial charge is 0.490 e. The van der Waals surface area contributed by atoms with Gasteiger partial charge in [-0.1, -0.05) is 24.3 Å². The number of nitrogens with one attached hydrogen (secondary N) is 1. The van der Waals surface area contributed by atoms with Crippen molar-refractivity contribution in [2.45, 2.75) is 12.5 Å². The summed E-state index contributed by atoms with van der Waals surface area (Å²) < 4.78 is 12.6. The van der Waals surface area contributed by atoms with E-state index in [1.165, 1.54) is 3.57 Å². The summed E-state index contributed by atoms with van der Waals surface area (Å²) in [5.41, 5.74) is 5.11. The van der Waals surface area contributed by atoms with E-state index in [2.05, 4.69) is 40.1 Å². The van der Waals surface area contributed by atoms with Crippen molar-refractivity contribution in [3.05, 3.63) is 57.2 Å². The highest BCUT2D eigenvalue weighted by molar-refractivity contribution is 14.1. The smallest absolute Gasteiger partial charge is 0.161 e. The van der Waals surface area contributed by atoms with Crippen LogP contribution in [0.2, 0.25) is 0 Å². The molecule has 1 atom stereocenters. The topological polar surface area (TPSA) is 56.5 Å². The standard InChI is InChI=1S/C16H17IN2O2/c17-13-5-2-1-4-12(13)16(19-18)11-6-7-14-15(10-11)21-9-3-8-20-14/h1-2,4-7,10,16,19H,3,8-9,18H2. The van der Waals surface area contributed by atoms with E-state index in [-0.39, 0.29) is 6.04 Å². The molecule has 1 aliphatic heterocycles. The van der Waals surface area contributed by atoms with Crippen LogP contribution in [0.5, 0.6) is 11.5 Å². The van der Waals surface area contributed by atoms with Gasteiger partial charge in [0, 0.05) is 9.99 Å². The molecular formula is C16H17IN2O2. The van der Waals surface area contributed by atoms with Crippen molar-refractivity contribution < 1.29 is 9.47 Å². The summed E-state index contributed by atoms with van der Waals surface area (Å²) in [7, 11) is 0. The SMILES string of the molecule is NNC(c1ccc2c(c1)OCCCO2)c1ccccc1I. The predicted molar refractivity (Wildman–Crippen MR) is 90.4 cm³/mol. The fraction of sp³-hybridized carbons (Fsp3) is 0.250. The second-order valence-corrected chi connectivity index (χ2v) is 6.04. The van der Waals surface area contributed by atoms with E-state index >= 15 is 0 Å². The van der Waals surface area contributed by atoms with Gasteiger partial charge >= 0.3 is 0 Å². The van der Waals surface area contributed by atoms with Gasteiger partial charge in [0.15, 0.2) is 11.5 Å². The van der Waals surface area contributed by atoms with Crippen molar-refractivity contribution in [1.29, 1.82) is 0 Å². The molecule has 0 saturated carbocycles. The third kappa shape index (κ3) is 3.14. The van der Waals surface area contributed by atoms with Crippen LogP contribution in [0.1, 0.15) is 23.6 Å². The second-order valence-electron chi connectivity index (χ2n) is 4.88. The lowest BCUT2D eigenvalue weighted by Gasteiger charge is -2.19. The van der Waals surface area contributed by atoms with Crippen molar-refractivity contribution in [2.75, 3.05) is 13.2 Å². The predicted octanol–water partition coefficient (Wildman–Crippen LogP) is 3.01. The highest BCUT2D eigenvalue weighted by atomic mass is 127. The van der Waals surface area contributed by atoms with E-state index < -0.39 is 0 Å². The van der Waals surface area contributed by atoms with Crippen molar-refractivity contribution in [3.8, 4) is 11.5 Å². The van der Waals surface area contributed by atoms with Gasteiger partial charge in [0.25, 0.3) is 0 Å². The van der Waals surface area contributed by atoms with Crippen molar-refractivity contribution in [3.63, 3.8) is 0 Å². The maximum absolute atomic E-state index is 5.79. The molecule has 0 spiro atoms. The molecule has 0 amide bonds. The Hall–Kier alpha value is -1.31. The van der Waals surface area contributed by atoms with E-state index in [4.69, 9.17) is 15.3 Å². The van der Waals surface area contributed by atoms with Gasteiger partial charge in [-0.2, -0.15) is 0 Å². The molecule has 0 aliphatic carbocycles. The molecule has 0 fully saturated rings. The number of hydrogen-bond donors (Lipinski definition) is 2. The molecule has 2 aromatic carbocycles. The maximum Gasteiger partial charge on any atom is 0.161 e. The second kappa shape index (κ2) is 6.64. The summed E-state index contributed by atoms with van der Waals surface area (Å²) in [5.74, 6) is 7.38. The Morgan fingerprint density at radius 1 is 1.05 bits per heavy atom. The van der Waals surface area contributed by atoms with E-state index in [0.717, 1.165) is 29.0 Å². The Labute approximate surface area is 137 Å². The molecular weight excluding hydrogens is 379 g/mol. The van der Waals surface area contributed by atoms with Gasteiger partial charge in [0.2, 0.25) is 0 Å². The summed E-state index contributed by atoms with van der Waals surface area (Å²) in [6.07, 6.45) is 0.902. The molecule has 0 saturated heterocycles. The summed E-state index contributed by atoms with van der Waals surface area (Å²) in [4.78, 5) is 0. The highest BCUT2D eigenvalue weighted by Crippen LogP contribution is 2.34. The van der Waals surface area contributed by atoms with Gasteiger partial charge in [-0.25, -0.2) is 5.43 Å². The molecule has 1 unspecified atom stereocenters. The summed E-state index contributed by atoms with van der Waals surface area (Å²) >= 11 is 2.32. The first-order valence-electron chi connectivity index (χ1n) is 6.89. The third-order valence-corrected chi connectivity index (χ3v) is 4.47. The lowest BCUT2D eigenvalue weighted by molar-refractivity contribution is 0.297. The minimum Gasteiger partial charge on any atom is -0.490 e. The average molecular weight is 396 g/mol. The highest BCUT2D eigenvalue weighted by Gasteiger charge is 2.18. The molecule has 0 radical (unpaired) electrons. The fourth-order valence-corrected chi connectivity index (χ4v) is 3.13. The van der Waals surface area contributed by atoms with Crippen LogP contribution in [-0.4, -0.2) is 13.2 Å². The van der Waals surface area contributed by atoms with Crippen molar-refractivity contribution >= 4 is 22.6 Å². The number of nitrogens with two attached hydrogens (primary N) is 1. The zero-order valence-electron chi connectivity index (χ0n) is 11.5. The van der Waals surface area contributed by atoms with Crippen LogP contribution in [0.3, 0.4) is 0 Å². The first kappa shape index (κ1) is 14.6. The Bertz CT molecular complexity index is 633. The molecule has 0 aromatic heterocycles. The maximum atomic E-state index is 5.79. The fourth-order valence-electron chi connectivity index (χ4n) is 2.43. The van der Waals surface area contributed by atoms with Crippen LogP contribution >= 0.6 is 22.6 Å². The van der Waals surface area contributed by atoms with Crippen LogP contribution in [0, 0.1) is 3.57 Å². The average Bonchev–Trinajstić information content (AvgIpc) is 2.75. The van der Waals surface area contributed by atoms with Crippen LogP contribution in [0.4, 0.5) is 0 Å². The lowest BCUT2D eigenvalue weighted by Crippen LogP contribution is -2.29. The molecule has 2 aromatic rings. The van der Waals surface area contributed by atoms with E-state index in [0.29, 0.717) is 13.2 Å². The molecule has 21 heavy (non-hydrogen) atoms. The number of fused-ring (bicyclic) bond motifs is 1. The zero-order chi connectivity index (χ0) is 14.7. The summed E-state index contributed by atoms with van der Waals surface area (Å²) in [5, 5.41) is 0. The molecule has 3 N–H and O–H groups in total. The normalized spacial score (nSPS) is 15.3. The van der Waals surface area contributed by atoms with Crippen molar-refractivity contribution in [1.82, 2.24) is 5.43 Å². The van der Waals surface area contributed by atoms with Gasteiger partial charge in [0.1, 0.15) is 0 Å². The number of halogens is 1. The number of hydrogen-bond acceptors (Lipinski definition) is 4. The van der Waals surface area contributed by atoms with E-state index in [1.807, 2.05) is 30.3 Å². The number of rotatable bonds is 3. The first-order chi connectivity index (χ1) is 10.3. The van der Waals surface area contributed by atoms with Crippen LogP contribution in [-0.2, 0) is 0 Å². The zero-order valence-corrected chi connectivity index (χ0v) is 13.7. The van der Waals surface area contributed by atoms with E-state index in [1.54, 1.807) is 0 Å². The quantitative estimate of drug-likeness (QED) is 0.476. The Morgan fingerprint density at radius 3 is 2.57 bits per heavy atom. The van der Waals surface area contributed by atoms with Gasteiger partial charge in [-0.05, 0) is 51.9 Å². The first-order valence-corrected chi connectivity index (χ1v) is 7.97. The Balaban J connectivity index is 1.98. The number of ether oxygens (including phenoxy) is 2. The molecule has 110 valence electrons. The van der Waals surface area contributed by atoms with Crippen LogP contribution in [0.25, 0.3) is 0 Å². The van der Waals surface area contributed by atoms with Gasteiger partial charge in [-0.15, -0.1) is 0 Å². The molecule has 1 aliphatic rings. The van der Waals surface area contributed by atoms with Gasteiger partial charge < -0.3 is 9.47 Å². The van der Waals surface area contributed by atoms with Gasteiger partial charge in [0.05, 0.1) is 19.3 Å². The lowest BCUT2D eigenvalue weighted by atomic mass is 9.99. The molecule has 0 bridgehead atoms. The number of benzene rings is 2.